The van der Waals surface area contributed by atoms with E-state index >= 15 is 0 Å². The summed E-state index contributed by atoms with van der Waals surface area (Å²) in [6, 6.07) is 6.82. The number of nitrogens with zero attached hydrogens (tertiary/aromatic N) is 2. The van der Waals surface area contributed by atoms with E-state index < -0.39 is 23.9 Å². The van der Waals surface area contributed by atoms with Gasteiger partial charge in [0.25, 0.3) is 11.5 Å². The van der Waals surface area contributed by atoms with Crippen molar-refractivity contribution in [2.75, 3.05) is 7.11 Å². The van der Waals surface area contributed by atoms with Crippen LogP contribution < -0.4 is 5.32 Å². The van der Waals surface area contributed by atoms with Crippen molar-refractivity contribution < 1.29 is 32.4 Å². The van der Waals surface area contributed by atoms with Gasteiger partial charge in [-0.2, -0.15) is 13.2 Å². The van der Waals surface area contributed by atoms with E-state index in [1.165, 1.54) is 7.11 Å². The monoisotopic (exact) mass is 579 g/mol. The Balaban J connectivity index is 1.86. The number of carbonyl (C=O) groups is 1. The largest absolute Gasteiger partial charge is 0.482 e. The molecule has 7 nitrogen and oxygen atoms in total. The first kappa shape index (κ1) is 28.9. The highest BCUT2D eigenvalue weighted by atomic mass is 35.5. The highest BCUT2D eigenvalue weighted by Crippen LogP contribution is 2.45. The predicted octanol–water partition coefficient (Wildman–Crippen LogP) is 7.00. The van der Waals surface area contributed by atoms with Gasteiger partial charge in [-0.05, 0) is 60.8 Å². The Morgan fingerprint density at radius 2 is 1.86 bits per heavy atom. The van der Waals surface area contributed by atoms with Crippen molar-refractivity contribution in [1.29, 1.82) is 0 Å². The first-order valence-electron chi connectivity index (χ1n) is 11.0. The zero-order chi connectivity index (χ0) is 27.5. The highest BCUT2D eigenvalue weighted by molar-refractivity contribution is 6.48. The molecule has 0 aliphatic carbocycles. The van der Waals surface area contributed by atoms with Gasteiger partial charge in [-0.1, -0.05) is 52.9 Å². The lowest BCUT2D eigenvalue weighted by Gasteiger charge is -2.30. The SMILES string of the molecule is CC/C(=N\OC(C)(c1cc(Cl)c(Cl)c(Cl)c1)C(F)(F)F)c1ccc(C(=O)N[C@H]2CC(OC)=NO2)c(C)c1. The maximum Gasteiger partial charge on any atom is 0.435 e. The Morgan fingerprint density at radius 1 is 1.22 bits per heavy atom. The van der Waals surface area contributed by atoms with Crippen LogP contribution in [-0.4, -0.2) is 37.0 Å². The molecule has 1 aliphatic heterocycles. The van der Waals surface area contributed by atoms with Gasteiger partial charge in [0.1, 0.15) is 0 Å². The van der Waals surface area contributed by atoms with Gasteiger partial charge in [0.05, 0.1) is 34.3 Å². The van der Waals surface area contributed by atoms with E-state index in [2.05, 4.69) is 15.6 Å². The topological polar surface area (TPSA) is 81.5 Å². The van der Waals surface area contributed by atoms with E-state index in [4.69, 9.17) is 49.2 Å². The summed E-state index contributed by atoms with van der Waals surface area (Å²) in [5.74, 6) is -0.0517. The number of rotatable bonds is 7. The second kappa shape index (κ2) is 11.4. The number of benzene rings is 2. The van der Waals surface area contributed by atoms with Crippen molar-refractivity contribution in [1.82, 2.24) is 5.32 Å². The van der Waals surface area contributed by atoms with Crippen LogP contribution in [0, 0.1) is 6.92 Å². The predicted molar refractivity (Wildman–Crippen MR) is 135 cm³/mol. The molecule has 0 aromatic heterocycles. The van der Waals surface area contributed by atoms with E-state index in [9.17, 15) is 18.0 Å². The molecular formula is C24H23Cl3F3N3O4. The van der Waals surface area contributed by atoms with Crippen molar-refractivity contribution in [3.05, 3.63) is 67.7 Å². The van der Waals surface area contributed by atoms with E-state index in [1.54, 1.807) is 32.0 Å². The van der Waals surface area contributed by atoms with Crippen molar-refractivity contribution >= 4 is 52.3 Å². The lowest BCUT2D eigenvalue weighted by molar-refractivity contribution is -0.278. The Morgan fingerprint density at radius 3 is 2.38 bits per heavy atom. The van der Waals surface area contributed by atoms with Crippen LogP contribution in [0.25, 0.3) is 0 Å². The van der Waals surface area contributed by atoms with Gasteiger partial charge in [-0.15, -0.1) is 0 Å². The smallest absolute Gasteiger partial charge is 0.435 e. The van der Waals surface area contributed by atoms with Crippen molar-refractivity contribution in [2.45, 2.75) is 51.6 Å². The second-order valence-electron chi connectivity index (χ2n) is 8.26. The minimum Gasteiger partial charge on any atom is -0.482 e. The molecule has 0 saturated heterocycles. The molecule has 1 N–H and O–H groups in total. The quantitative estimate of drug-likeness (QED) is 0.217. The molecule has 0 radical (unpaired) electrons. The Kier molecular flexibility index (Phi) is 8.87. The Bertz CT molecular complexity index is 1230. The maximum absolute atomic E-state index is 14.1. The van der Waals surface area contributed by atoms with Crippen molar-refractivity contribution in [3.63, 3.8) is 0 Å². The summed E-state index contributed by atoms with van der Waals surface area (Å²) in [6.07, 6.45) is -5.01. The number of nitrogens with one attached hydrogen (secondary N) is 1. The molecule has 0 bridgehead atoms. The summed E-state index contributed by atoms with van der Waals surface area (Å²) in [5, 5.41) is 9.86. The summed E-state index contributed by atoms with van der Waals surface area (Å²) < 4.78 is 47.4. The van der Waals surface area contributed by atoms with E-state index in [1.807, 2.05) is 0 Å². The molecule has 1 aliphatic rings. The first-order chi connectivity index (χ1) is 17.3. The number of amides is 1. The van der Waals surface area contributed by atoms with Crippen LogP contribution in [0.5, 0.6) is 0 Å². The molecule has 200 valence electrons. The fourth-order valence-electron chi connectivity index (χ4n) is 3.44. The molecule has 0 saturated carbocycles. The van der Waals surface area contributed by atoms with E-state index in [-0.39, 0.29) is 39.2 Å². The highest BCUT2D eigenvalue weighted by Gasteiger charge is 2.56. The average Bonchev–Trinajstić information content (AvgIpc) is 3.29. The zero-order valence-electron chi connectivity index (χ0n) is 20.2. The minimum absolute atomic E-state index is 0.0693. The Hall–Kier alpha value is -2.69. The van der Waals surface area contributed by atoms with Crippen LogP contribution in [0.3, 0.4) is 0 Å². The summed E-state index contributed by atoms with van der Waals surface area (Å²) in [4.78, 5) is 22.9. The number of carbonyl (C=O) groups excluding carboxylic acids is 1. The molecule has 3 rings (SSSR count). The maximum atomic E-state index is 14.1. The van der Waals surface area contributed by atoms with Crippen molar-refractivity contribution in [3.8, 4) is 0 Å². The summed E-state index contributed by atoms with van der Waals surface area (Å²) in [6.45, 7) is 4.22. The number of ether oxygens (including phenoxy) is 1. The van der Waals surface area contributed by atoms with Crippen LogP contribution in [0.15, 0.2) is 40.6 Å². The standard InChI is InChI=1S/C24H23Cl3F3N3O4/c1-5-18(32-37-23(3,24(28,29)30)14-9-16(25)21(27)17(26)10-14)13-6-7-15(12(2)8-13)22(34)31-19-11-20(35-4)33-36-19/h6-10,19H,5,11H2,1-4H3,(H,31,34)/b32-18+/t19-,23?/m1/s1. The third kappa shape index (κ3) is 6.25. The van der Waals surface area contributed by atoms with Crippen LogP contribution in [0.2, 0.25) is 15.1 Å². The van der Waals surface area contributed by atoms with Gasteiger partial charge >= 0.3 is 6.18 Å². The van der Waals surface area contributed by atoms with E-state index in [0.717, 1.165) is 19.1 Å². The third-order valence-corrected chi connectivity index (χ3v) is 6.92. The lowest BCUT2D eigenvalue weighted by Crippen LogP contribution is -2.41. The van der Waals surface area contributed by atoms with E-state index in [0.29, 0.717) is 22.6 Å². The molecule has 1 unspecified atom stereocenters. The number of aryl methyl sites for hydroxylation is 1. The number of halogens is 6. The second-order valence-corrected chi connectivity index (χ2v) is 9.45. The average molecular weight is 581 g/mol. The number of methoxy groups -OCH3 is 1. The fourth-order valence-corrected chi connectivity index (χ4v) is 4.04. The lowest BCUT2D eigenvalue weighted by atomic mass is 9.95. The molecule has 0 spiro atoms. The first-order valence-corrected chi connectivity index (χ1v) is 12.1. The molecule has 0 fully saturated rings. The van der Waals surface area contributed by atoms with Crippen LogP contribution >= 0.6 is 34.8 Å². The molecule has 13 heteroatoms. The fraction of sp³-hybridized carbons (Fsp3) is 0.375. The van der Waals surface area contributed by atoms with Crippen LogP contribution in [0.4, 0.5) is 13.2 Å². The number of oxime groups is 2. The molecule has 1 heterocycles. The normalized spacial score (nSPS) is 17.5. The number of hydrogen-bond acceptors (Lipinski definition) is 6. The van der Waals surface area contributed by atoms with Gasteiger partial charge in [-0.3, -0.25) is 4.79 Å². The van der Waals surface area contributed by atoms with Gasteiger partial charge in [0, 0.05) is 11.1 Å². The molecule has 2 aromatic carbocycles. The van der Waals surface area contributed by atoms with Gasteiger partial charge in [-0.25, -0.2) is 0 Å². The van der Waals surface area contributed by atoms with Crippen LogP contribution in [0.1, 0.15) is 53.7 Å². The molecule has 1 amide bonds. The number of hydrogen-bond donors (Lipinski definition) is 1. The van der Waals surface area contributed by atoms with Gasteiger partial charge < -0.3 is 19.7 Å². The Labute approximate surface area is 226 Å². The minimum atomic E-state index is -4.87. The summed E-state index contributed by atoms with van der Waals surface area (Å²) in [7, 11) is 1.45. The summed E-state index contributed by atoms with van der Waals surface area (Å²) >= 11 is 17.8. The van der Waals surface area contributed by atoms with Gasteiger partial charge in [0.15, 0.2) is 0 Å². The van der Waals surface area contributed by atoms with Crippen LogP contribution in [-0.2, 0) is 20.0 Å². The van der Waals surface area contributed by atoms with Gasteiger partial charge in [0.2, 0.25) is 12.1 Å². The number of alkyl halides is 3. The molecule has 2 atom stereocenters. The zero-order valence-corrected chi connectivity index (χ0v) is 22.4. The van der Waals surface area contributed by atoms with Crippen molar-refractivity contribution in [2.24, 2.45) is 10.3 Å². The molecule has 2 aromatic rings. The molecular weight excluding hydrogens is 558 g/mol. The summed E-state index contributed by atoms with van der Waals surface area (Å²) in [5.41, 5.74) is -1.61. The molecule has 37 heavy (non-hydrogen) atoms. The third-order valence-electron chi connectivity index (χ3n) is 5.72.